The van der Waals surface area contributed by atoms with Crippen LogP contribution in [0.25, 0.3) is 22.6 Å². The first-order valence-corrected chi connectivity index (χ1v) is 7.98. The fourth-order valence-corrected chi connectivity index (χ4v) is 3.11. The third-order valence-corrected chi connectivity index (χ3v) is 4.28. The number of hydrogen-bond acceptors (Lipinski definition) is 4. The van der Waals surface area contributed by atoms with E-state index >= 15 is 0 Å². The van der Waals surface area contributed by atoms with E-state index in [9.17, 15) is 4.39 Å². The van der Waals surface area contributed by atoms with Gasteiger partial charge in [-0.15, -0.1) is 0 Å². The molecular formula is C17H11FN5S. The smallest absolute Gasteiger partial charge is 0.174 e. The molecule has 2 N–H and O–H groups in total. The van der Waals surface area contributed by atoms with Crippen molar-refractivity contribution in [1.29, 1.82) is 0 Å². The van der Waals surface area contributed by atoms with E-state index in [1.54, 1.807) is 12.1 Å². The van der Waals surface area contributed by atoms with Crippen LogP contribution in [0.15, 0.2) is 64.6 Å². The van der Waals surface area contributed by atoms with E-state index in [4.69, 9.17) is 5.73 Å². The molecule has 4 rings (SSSR count). The second-order valence-corrected chi connectivity index (χ2v) is 6.16. The molecule has 2 heterocycles. The third-order valence-electron chi connectivity index (χ3n) is 3.38. The van der Waals surface area contributed by atoms with Gasteiger partial charge in [-0.25, -0.2) is 19.3 Å². The van der Waals surface area contributed by atoms with Crippen LogP contribution >= 0.6 is 11.8 Å². The Balaban J connectivity index is 1.73. The second-order valence-electron chi connectivity index (χ2n) is 5.07. The lowest BCUT2D eigenvalue weighted by Gasteiger charge is -2.04. The van der Waals surface area contributed by atoms with Crippen molar-refractivity contribution in [3.63, 3.8) is 0 Å². The number of imidazole rings is 1. The van der Waals surface area contributed by atoms with Crippen molar-refractivity contribution in [2.24, 2.45) is 0 Å². The molecule has 0 saturated heterocycles. The molecule has 0 spiro atoms. The summed E-state index contributed by atoms with van der Waals surface area (Å²) in [6.07, 6.45) is 1.50. The number of halogens is 1. The van der Waals surface area contributed by atoms with Gasteiger partial charge in [0.2, 0.25) is 0 Å². The van der Waals surface area contributed by atoms with Gasteiger partial charge in [0.05, 0.1) is 17.2 Å². The molecule has 7 heteroatoms. The summed E-state index contributed by atoms with van der Waals surface area (Å²) in [4.78, 5) is 16.9. The van der Waals surface area contributed by atoms with Gasteiger partial charge in [0.15, 0.2) is 17.3 Å². The molecule has 0 aliphatic rings. The van der Waals surface area contributed by atoms with E-state index in [0.717, 1.165) is 15.9 Å². The Morgan fingerprint density at radius 1 is 1.04 bits per heavy atom. The summed E-state index contributed by atoms with van der Waals surface area (Å²) in [7, 11) is 0. The van der Waals surface area contributed by atoms with Crippen LogP contribution in [0.1, 0.15) is 0 Å². The van der Waals surface area contributed by atoms with Crippen molar-refractivity contribution in [3.8, 4) is 11.5 Å². The van der Waals surface area contributed by atoms with Gasteiger partial charge in [-0.05, 0) is 30.3 Å². The van der Waals surface area contributed by atoms with Crippen LogP contribution in [0.3, 0.4) is 0 Å². The van der Waals surface area contributed by atoms with Gasteiger partial charge in [0, 0.05) is 4.90 Å². The lowest BCUT2D eigenvalue weighted by molar-refractivity contribution is 0.624. The second kappa shape index (κ2) is 5.93. The lowest BCUT2D eigenvalue weighted by Crippen LogP contribution is -1.93. The molecule has 2 aromatic heterocycles. The Morgan fingerprint density at radius 3 is 2.75 bits per heavy atom. The highest BCUT2D eigenvalue weighted by Crippen LogP contribution is 2.30. The number of aromatic nitrogens is 4. The number of aromatic amines is 1. The van der Waals surface area contributed by atoms with Crippen molar-refractivity contribution in [2.45, 2.75) is 9.92 Å². The van der Waals surface area contributed by atoms with Crippen molar-refractivity contribution in [1.82, 2.24) is 25.7 Å². The molecule has 1 radical (unpaired) electrons. The summed E-state index contributed by atoms with van der Waals surface area (Å²) in [6.45, 7) is 0. The minimum absolute atomic E-state index is 0.0395. The van der Waals surface area contributed by atoms with Crippen LogP contribution in [0.5, 0.6) is 0 Å². The monoisotopic (exact) mass is 336 g/mol. The van der Waals surface area contributed by atoms with Crippen LogP contribution in [-0.2, 0) is 0 Å². The minimum atomic E-state index is -0.303. The molecular weight excluding hydrogens is 325 g/mol. The van der Waals surface area contributed by atoms with E-state index in [-0.39, 0.29) is 11.6 Å². The normalized spacial score (nSPS) is 11.0. The third kappa shape index (κ3) is 2.81. The zero-order chi connectivity index (χ0) is 16.5. The lowest BCUT2D eigenvalue weighted by atomic mass is 10.3. The minimum Gasteiger partial charge on any atom is -0.337 e. The number of para-hydroxylation sites is 2. The molecule has 0 atom stereocenters. The van der Waals surface area contributed by atoms with Crippen molar-refractivity contribution in [3.05, 3.63) is 60.5 Å². The van der Waals surface area contributed by atoms with Gasteiger partial charge in [0.1, 0.15) is 10.8 Å². The predicted molar refractivity (Wildman–Crippen MR) is 90.4 cm³/mol. The summed E-state index contributed by atoms with van der Waals surface area (Å²) < 4.78 is 13.3. The average molecular weight is 336 g/mol. The number of H-pyrrole nitrogens is 1. The van der Waals surface area contributed by atoms with E-state index < -0.39 is 0 Å². The summed E-state index contributed by atoms with van der Waals surface area (Å²) in [5.41, 5.74) is 10.0. The van der Waals surface area contributed by atoms with E-state index in [1.807, 2.05) is 24.3 Å². The predicted octanol–water partition coefficient (Wildman–Crippen LogP) is 4.22. The average Bonchev–Trinajstić information content (AvgIpc) is 3.00. The van der Waals surface area contributed by atoms with Gasteiger partial charge in [-0.2, -0.15) is 0 Å². The number of nitrogens with one attached hydrogen (secondary N) is 2. The molecule has 4 aromatic rings. The van der Waals surface area contributed by atoms with E-state index in [0.29, 0.717) is 16.5 Å². The topological polar surface area (TPSA) is 78.3 Å². The van der Waals surface area contributed by atoms with E-state index in [1.165, 1.54) is 30.1 Å². The van der Waals surface area contributed by atoms with Crippen molar-refractivity contribution < 1.29 is 4.39 Å². The van der Waals surface area contributed by atoms with Crippen LogP contribution < -0.4 is 5.73 Å². The molecule has 0 unspecified atom stereocenters. The van der Waals surface area contributed by atoms with E-state index in [2.05, 4.69) is 19.9 Å². The summed E-state index contributed by atoms with van der Waals surface area (Å²) >= 11 is 1.29. The van der Waals surface area contributed by atoms with Crippen LogP contribution in [0, 0.1) is 5.82 Å². The fourth-order valence-electron chi connectivity index (χ4n) is 2.30. The summed E-state index contributed by atoms with van der Waals surface area (Å²) in [6, 6.07) is 13.9. The standard InChI is InChI=1S/C17H11FN5S/c18-10-4-3-5-11(8-10)24-14-9-20-16(19)15(23-14)17-21-12-6-1-2-7-13(12)22-17/h1-9,19H,(H,21,22). The Bertz CT molecular complexity index is 997. The maximum atomic E-state index is 13.3. The maximum absolute atomic E-state index is 13.3. The Hall–Kier alpha value is -2.93. The molecule has 0 saturated carbocycles. The SMILES string of the molecule is [NH]c1ncc(Sc2cccc(F)c2)nc1-c1nc2ccccc2[nH]1. The molecule has 0 aliphatic carbocycles. The molecule has 24 heavy (non-hydrogen) atoms. The van der Waals surface area contributed by atoms with Gasteiger partial charge in [-0.3, -0.25) is 5.73 Å². The Morgan fingerprint density at radius 2 is 1.92 bits per heavy atom. The quantitative estimate of drug-likeness (QED) is 0.607. The molecule has 0 amide bonds. The van der Waals surface area contributed by atoms with Crippen LogP contribution in [0.4, 0.5) is 10.2 Å². The molecule has 0 fully saturated rings. The molecule has 5 nitrogen and oxygen atoms in total. The van der Waals surface area contributed by atoms with Gasteiger partial charge in [0.25, 0.3) is 0 Å². The highest BCUT2D eigenvalue weighted by atomic mass is 32.2. The first kappa shape index (κ1) is 14.6. The van der Waals surface area contributed by atoms with Gasteiger partial charge < -0.3 is 4.98 Å². The number of benzene rings is 2. The maximum Gasteiger partial charge on any atom is 0.174 e. The van der Waals surface area contributed by atoms with Crippen LogP contribution in [-0.4, -0.2) is 19.9 Å². The number of nitrogens with zero attached hydrogens (tertiary/aromatic N) is 3. The van der Waals surface area contributed by atoms with Crippen molar-refractivity contribution in [2.75, 3.05) is 0 Å². The van der Waals surface area contributed by atoms with Crippen LogP contribution in [0.2, 0.25) is 0 Å². The molecule has 0 aliphatic heterocycles. The van der Waals surface area contributed by atoms with Gasteiger partial charge >= 0.3 is 0 Å². The van der Waals surface area contributed by atoms with Crippen molar-refractivity contribution >= 4 is 28.6 Å². The fraction of sp³-hybridized carbons (Fsp3) is 0. The highest BCUT2D eigenvalue weighted by Gasteiger charge is 2.13. The number of fused-ring (bicyclic) bond motifs is 1. The highest BCUT2D eigenvalue weighted by molar-refractivity contribution is 7.99. The summed E-state index contributed by atoms with van der Waals surface area (Å²) in [5, 5.41) is 0.576. The summed E-state index contributed by atoms with van der Waals surface area (Å²) in [5.74, 6) is 0.232. The molecule has 0 bridgehead atoms. The Labute approximate surface area is 141 Å². The Kier molecular flexibility index (Phi) is 3.62. The zero-order valence-electron chi connectivity index (χ0n) is 12.3. The zero-order valence-corrected chi connectivity index (χ0v) is 13.1. The largest absolute Gasteiger partial charge is 0.337 e. The van der Waals surface area contributed by atoms with Gasteiger partial charge in [-0.1, -0.05) is 30.0 Å². The number of rotatable bonds is 3. The first-order valence-electron chi connectivity index (χ1n) is 7.16. The number of hydrogen-bond donors (Lipinski definition) is 1. The molecule has 2 aromatic carbocycles. The first-order chi connectivity index (χ1) is 11.7. The molecule has 117 valence electrons.